The lowest BCUT2D eigenvalue weighted by atomic mass is 10.0. The average molecular weight is 388 g/mol. The van der Waals surface area contributed by atoms with Crippen molar-refractivity contribution in [3.63, 3.8) is 0 Å². The van der Waals surface area contributed by atoms with Gasteiger partial charge in [0.05, 0.1) is 19.2 Å². The van der Waals surface area contributed by atoms with E-state index in [1.807, 2.05) is 42.5 Å². The number of carbonyl (C=O) groups is 2. The van der Waals surface area contributed by atoms with Gasteiger partial charge in [-0.15, -0.1) is 0 Å². The van der Waals surface area contributed by atoms with Gasteiger partial charge in [-0.1, -0.05) is 54.6 Å². The summed E-state index contributed by atoms with van der Waals surface area (Å²) in [4.78, 5) is 26.2. The lowest BCUT2D eigenvalue weighted by Gasteiger charge is -2.14. The molecule has 0 fully saturated rings. The predicted molar refractivity (Wildman–Crippen MR) is 115 cm³/mol. The predicted octanol–water partition coefficient (Wildman–Crippen LogP) is 4.25. The summed E-state index contributed by atoms with van der Waals surface area (Å²) in [5.74, 6) is 0.193. The number of hydrogen-bond donors (Lipinski definition) is 1. The number of benzene rings is 3. The van der Waals surface area contributed by atoms with Crippen molar-refractivity contribution in [3.05, 3.63) is 83.9 Å². The fraction of sp³-hybridized carbons (Fsp3) is 0.167. The van der Waals surface area contributed by atoms with Gasteiger partial charge in [-0.05, 0) is 34.9 Å². The van der Waals surface area contributed by atoms with Crippen LogP contribution in [0, 0.1) is 0 Å². The molecule has 0 aliphatic heterocycles. The minimum absolute atomic E-state index is 0.139. The first-order valence-corrected chi connectivity index (χ1v) is 9.32. The molecule has 0 bridgehead atoms. The van der Waals surface area contributed by atoms with Crippen LogP contribution in [0.1, 0.15) is 15.9 Å². The van der Waals surface area contributed by atoms with Gasteiger partial charge in [-0.2, -0.15) is 0 Å². The maximum atomic E-state index is 12.6. The van der Waals surface area contributed by atoms with Crippen LogP contribution in [0.15, 0.2) is 72.8 Å². The molecule has 0 aromatic heterocycles. The first-order valence-electron chi connectivity index (χ1n) is 9.32. The van der Waals surface area contributed by atoms with Crippen LogP contribution in [0.5, 0.6) is 5.75 Å². The Labute approximate surface area is 170 Å². The first-order chi connectivity index (χ1) is 14.0. The molecule has 29 heavy (non-hydrogen) atoms. The van der Waals surface area contributed by atoms with Crippen LogP contribution in [-0.4, -0.2) is 37.9 Å². The van der Waals surface area contributed by atoms with Crippen molar-refractivity contribution in [3.8, 4) is 16.9 Å². The first kappa shape index (κ1) is 20.1. The summed E-state index contributed by atoms with van der Waals surface area (Å²) in [6.07, 6.45) is 0.226. The standard InChI is InChI=1S/C24H24N2O3/c1-26(2)24(28)20-13-14-22(29-3)21(16-20)25-23(27)15-17-9-11-19(12-10-17)18-7-5-4-6-8-18/h4-14,16H,15H2,1-3H3,(H,25,27). The normalized spacial score (nSPS) is 10.3. The zero-order valence-electron chi connectivity index (χ0n) is 16.8. The molecule has 148 valence electrons. The lowest BCUT2D eigenvalue weighted by molar-refractivity contribution is -0.115. The largest absolute Gasteiger partial charge is 0.495 e. The van der Waals surface area contributed by atoms with Gasteiger partial charge in [0.15, 0.2) is 0 Å². The summed E-state index contributed by atoms with van der Waals surface area (Å²) in [5.41, 5.74) is 4.10. The topological polar surface area (TPSA) is 58.6 Å². The molecule has 0 saturated carbocycles. The lowest BCUT2D eigenvalue weighted by Crippen LogP contribution is -2.22. The zero-order valence-corrected chi connectivity index (χ0v) is 16.8. The van der Waals surface area contributed by atoms with Gasteiger partial charge in [0.1, 0.15) is 5.75 Å². The molecule has 1 N–H and O–H groups in total. The van der Waals surface area contributed by atoms with E-state index in [0.29, 0.717) is 17.0 Å². The van der Waals surface area contributed by atoms with Crippen molar-refractivity contribution < 1.29 is 14.3 Å². The Morgan fingerprint density at radius 1 is 0.897 bits per heavy atom. The number of rotatable bonds is 6. The minimum Gasteiger partial charge on any atom is -0.495 e. The van der Waals surface area contributed by atoms with E-state index in [1.54, 1.807) is 32.3 Å². The van der Waals surface area contributed by atoms with Crippen molar-refractivity contribution in [2.45, 2.75) is 6.42 Å². The second kappa shape index (κ2) is 9.06. The molecule has 0 aliphatic rings. The van der Waals surface area contributed by atoms with E-state index in [1.165, 1.54) is 12.0 Å². The minimum atomic E-state index is -0.176. The summed E-state index contributed by atoms with van der Waals surface area (Å²) in [7, 11) is 4.90. The van der Waals surface area contributed by atoms with Gasteiger partial charge in [0.25, 0.3) is 5.91 Å². The molecule has 3 aromatic carbocycles. The number of nitrogens with one attached hydrogen (secondary N) is 1. The van der Waals surface area contributed by atoms with E-state index in [9.17, 15) is 9.59 Å². The van der Waals surface area contributed by atoms with Crippen molar-refractivity contribution >= 4 is 17.5 Å². The van der Waals surface area contributed by atoms with Crippen molar-refractivity contribution in [1.82, 2.24) is 4.90 Å². The molecule has 2 amide bonds. The molecule has 0 aliphatic carbocycles. The van der Waals surface area contributed by atoms with Crippen LogP contribution in [-0.2, 0) is 11.2 Å². The second-order valence-electron chi connectivity index (χ2n) is 6.90. The summed E-state index contributed by atoms with van der Waals surface area (Å²) >= 11 is 0. The second-order valence-corrected chi connectivity index (χ2v) is 6.90. The van der Waals surface area contributed by atoms with E-state index in [4.69, 9.17) is 4.74 Å². The highest BCUT2D eigenvalue weighted by Gasteiger charge is 2.14. The number of hydrogen-bond acceptors (Lipinski definition) is 3. The third kappa shape index (κ3) is 5.02. The Morgan fingerprint density at radius 3 is 2.17 bits per heavy atom. The number of ether oxygens (including phenoxy) is 1. The van der Waals surface area contributed by atoms with E-state index in [0.717, 1.165) is 16.7 Å². The molecular formula is C24H24N2O3. The van der Waals surface area contributed by atoms with Crippen LogP contribution in [0.2, 0.25) is 0 Å². The number of carbonyl (C=O) groups excluding carboxylic acids is 2. The van der Waals surface area contributed by atoms with E-state index < -0.39 is 0 Å². The molecule has 3 aromatic rings. The molecule has 0 unspecified atom stereocenters. The number of methoxy groups -OCH3 is 1. The van der Waals surface area contributed by atoms with Gasteiger partial charge in [-0.3, -0.25) is 9.59 Å². The third-order valence-electron chi connectivity index (χ3n) is 4.55. The summed E-state index contributed by atoms with van der Waals surface area (Å²) < 4.78 is 5.32. The van der Waals surface area contributed by atoms with E-state index >= 15 is 0 Å². The highest BCUT2D eigenvalue weighted by molar-refractivity contribution is 5.98. The Balaban J connectivity index is 1.72. The maximum absolute atomic E-state index is 12.6. The SMILES string of the molecule is COc1ccc(C(=O)N(C)C)cc1NC(=O)Cc1ccc(-c2ccccc2)cc1. The Kier molecular flexibility index (Phi) is 6.29. The zero-order chi connectivity index (χ0) is 20.8. The van der Waals surface area contributed by atoms with Crippen molar-refractivity contribution in [2.75, 3.05) is 26.5 Å². The molecular weight excluding hydrogens is 364 g/mol. The molecule has 3 rings (SSSR count). The van der Waals surface area contributed by atoms with Crippen LogP contribution >= 0.6 is 0 Å². The Hall–Kier alpha value is -3.60. The van der Waals surface area contributed by atoms with E-state index in [2.05, 4.69) is 17.4 Å². The van der Waals surface area contributed by atoms with Crippen molar-refractivity contribution in [2.24, 2.45) is 0 Å². The maximum Gasteiger partial charge on any atom is 0.253 e. The van der Waals surface area contributed by atoms with Gasteiger partial charge in [0.2, 0.25) is 5.91 Å². The van der Waals surface area contributed by atoms with Crippen LogP contribution in [0.4, 0.5) is 5.69 Å². The Bertz CT molecular complexity index is 996. The van der Waals surface area contributed by atoms with Crippen LogP contribution in [0.25, 0.3) is 11.1 Å². The third-order valence-corrected chi connectivity index (χ3v) is 4.55. The van der Waals surface area contributed by atoms with Gasteiger partial charge < -0.3 is 15.0 Å². The molecule has 0 saturated heterocycles. The van der Waals surface area contributed by atoms with Gasteiger partial charge in [0, 0.05) is 19.7 Å². The molecule has 5 heteroatoms. The number of amides is 2. The van der Waals surface area contributed by atoms with Gasteiger partial charge in [-0.25, -0.2) is 0 Å². The summed E-state index contributed by atoms with van der Waals surface area (Å²) in [6.45, 7) is 0. The number of nitrogens with zero attached hydrogens (tertiary/aromatic N) is 1. The highest BCUT2D eigenvalue weighted by atomic mass is 16.5. The van der Waals surface area contributed by atoms with Crippen molar-refractivity contribution in [1.29, 1.82) is 0 Å². The highest BCUT2D eigenvalue weighted by Crippen LogP contribution is 2.26. The molecule has 0 spiro atoms. The number of anilines is 1. The van der Waals surface area contributed by atoms with Crippen LogP contribution < -0.4 is 10.1 Å². The molecule has 0 heterocycles. The quantitative estimate of drug-likeness (QED) is 0.687. The molecule has 0 atom stereocenters. The summed E-state index contributed by atoms with van der Waals surface area (Å²) in [5, 5.41) is 2.86. The Morgan fingerprint density at radius 2 is 1.55 bits per heavy atom. The van der Waals surface area contributed by atoms with Gasteiger partial charge >= 0.3 is 0 Å². The summed E-state index contributed by atoms with van der Waals surface area (Å²) in [6, 6.07) is 23.0. The van der Waals surface area contributed by atoms with E-state index in [-0.39, 0.29) is 18.2 Å². The fourth-order valence-corrected chi connectivity index (χ4v) is 3.02. The monoisotopic (exact) mass is 388 g/mol. The smallest absolute Gasteiger partial charge is 0.253 e. The fourth-order valence-electron chi connectivity index (χ4n) is 3.02. The molecule has 5 nitrogen and oxygen atoms in total. The average Bonchev–Trinajstić information content (AvgIpc) is 2.74. The van der Waals surface area contributed by atoms with Crippen LogP contribution in [0.3, 0.4) is 0 Å². The molecule has 0 radical (unpaired) electrons.